The molecule has 0 fully saturated rings. The maximum absolute atomic E-state index is 13.8. The first-order valence-corrected chi connectivity index (χ1v) is 7.47. The molecule has 112 valence electrons. The summed E-state index contributed by atoms with van der Waals surface area (Å²) in [5.41, 5.74) is 2.74. The third kappa shape index (κ3) is 4.30. The lowest BCUT2D eigenvalue weighted by atomic mass is 10.0. The summed E-state index contributed by atoms with van der Waals surface area (Å²) < 4.78 is 19.4. The van der Waals surface area contributed by atoms with Gasteiger partial charge in [-0.2, -0.15) is 0 Å². The van der Waals surface area contributed by atoms with E-state index in [0.29, 0.717) is 18.7 Å². The monoisotopic (exact) mass is 287 g/mol. The van der Waals surface area contributed by atoms with Crippen molar-refractivity contribution in [2.75, 3.05) is 13.2 Å². The Morgan fingerprint density at radius 1 is 1.05 bits per heavy atom. The van der Waals surface area contributed by atoms with E-state index in [1.807, 2.05) is 43.3 Å². The molecular formula is C18H22FNO. The highest BCUT2D eigenvalue weighted by atomic mass is 19.1. The van der Waals surface area contributed by atoms with Crippen LogP contribution in [0, 0.1) is 5.82 Å². The highest BCUT2D eigenvalue weighted by Crippen LogP contribution is 2.25. The first-order valence-electron chi connectivity index (χ1n) is 7.47. The number of nitrogens with one attached hydrogen (secondary N) is 1. The van der Waals surface area contributed by atoms with Gasteiger partial charge in [-0.1, -0.05) is 25.1 Å². The zero-order valence-electron chi connectivity index (χ0n) is 12.7. The van der Waals surface area contributed by atoms with Crippen molar-refractivity contribution in [3.8, 4) is 16.9 Å². The average molecular weight is 287 g/mol. The van der Waals surface area contributed by atoms with Gasteiger partial charge in [0, 0.05) is 12.1 Å². The van der Waals surface area contributed by atoms with Crippen molar-refractivity contribution in [2.45, 2.75) is 26.8 Å². The third-order valence-electron chi connectivity index (χ3n) is 3.27. The summed E-state index contributed by atoms with van der Waals surface area (Å²) in [6.07, 6.45) is 1.04. The van der Waals surface area contributed by atoms with Crippen LogP contribution in [-0.2, 0) is 6.54 Å². The van der Waals surface area contributed by atoms with Crippen LogP contribution in [0.5, 0.6) is 5.75 Å². The molecule has 0 unspecified atom stereocenters. The van der Waals surface area contributed by atoms with Crippen LogP contribution in [0.1, 0.15) is 25.8 Å². The predicted octanol–water partition coefficient (Wildman–Crippen LogP) is 4.39. The summed E-state index contributed by atoms with van der Waals surface area (Å²) in [7, 11) is 0. The van der Waals surface area contributed by atoms with Gasteiger partial charge in [-0.25, -0.2) is 4.39 Å². The third-order valence-corrected chi connectivity index (χ3v) is 3.27. The zero-order valence-corrected chi connectivity index (χ0v) is 12.7. The number of benzene rings is 2. The van der Waals surface area contributed by atoms with Gasteiger partial charge in [0.25, 0.3) is 0 Å². The van der Waals surface area contributed by atoms with Crippen LogP contribution in [0.3, 0.4) is 0 Å². The average Bonchev–Trinajstić information content (AvgIpc) is 2.50. The summed E-state index contributed by atoms with van der Waals surface area (Å²) >= 11 is 0. The van der Waals surface area contributed by atoms with Gasteiger partial charge in [-0.3, -0.25) is 0 Å². The minimum absolute atomic E-state index is 0.164. The van der Waals surface area contributed by atoms with E-state index in [-0.39, 0.29) is 5.82 Å². The molecule has 0 aliphatic rings. The molecule has 2 aromatic rings. The summed E-state index contributed by atoms with van der Waals surface area (Å²) in [5, 5.41) is 3.24. The van der Waals surface area contributed by atoms with E-state index in [1.54, 1.807) is 0 Å². The molecule has 0 radical (unpaired) electrons. The van der Waals surface area contributed by atoms with Crippen molar-refractivity contribution in [3.05, 3.63) is 53.8 Å². The van der Waals surface area contributed by atoms with Crippen molar-refractivity contribution in [1.29, 1.82) is 0 Å². The molecule has 2 aromatic carbocycles. The van der Waals surface area contributed by atoms with E-state index in [2.05, 4.69) is 12.2 Å². The molecule has 0 aromatic heterocycles. The number of halogens is 1. The minimum atomic E-state index is -0.164. The number of hydrogen-bond acceptors (Lipinski definition) is 2. The Morgan fingerprint density at radius 2 is 1.86 bits per heavy atom. The Hall–Kier alpha value is -1.87. The van der Waals surface area contributed by atoms with E-state index in [0.717, 1.165) is 29.8 Å². The van der Waals surface area contributed by atoms with E-state index in [4.69, 9.17) is 4.74 Å². The SMILES string of the molecule is CCCNCc1cc(-c2cccc(OCC)c2)ccc1F. The summed E-state index contributed by atoms with van der Waals surface area (Å²) in [5.74, 6) is 0.674. The highest BCUT2D eigenvalue weighted by molar-refractivity contribution is 5.65. The topological polar surface area (TPSA) is 21.3 Å². The molecule has 0 spiro atoms. The van der Waals surface area contributed by atoms with Crippen molar-refractivity contribution in [2.24, 2.45) is 0 Å². The molecule has 1 N–H and O–H groups in total. The lowest BCUT2D eigenvalue weighted by Gasteiger charge is -2.10. The maximum Gasteiger partial charge on any atom is 0.127 e. The van der Waals surface area contributed by atoms with Crippen LogP contribution in [0.2, 0.25) is 0 Å². The van der Waals surface area contributed by atoms with E-state index < -0.39 is 0 Å². The molecule has 0 saturated heterocycles. The van der Waals surface area contributed by atoms with Crippen molar-refractivity contribution >= 4 is 0 Å². The van der Waals surface area contributed by atoms with E-state index in [1.165, 1.54) is 6.07 Å². The smallest absolute Gasteiger partial charge is 0.127 e. The Morgan fingerprint density at radius 3 is 2.62 bits per heavy atom. The highest BCUT2D eigenvalue weighted by Gasteiger charge is 2.06. The maximum atomic E-state index is 13.8. The standard InChI is InChI=1S/C18H22FNO/c1-3-10-20-13-16-11-15(8-9-18(16)19)14-6-5-7-17(12-14)21-4-2/h5-9,11-12,20H,3-4,10,13H2,1-2H3. The minimum Gasteiger partial charge on any atom is -0.494 e. The van der Waals surface area contributed by atoms with Crippen LogP contribution in [0.4, 0.5) is 4.39 Å². The second-order valence-electron chi connectivity index (χ2n) is 4.94. The number of rotatable bonds is 7. The van der Waals surface area contributed by atoms with Crippen LogP contribution >= 0.6 is 0 Å². The quantitative estimate of drug-likeness (QED) is 0.763. The lowest BCUT2D eigenvalue weighted by Crippen LogP contribution is -2.14. The molecule has 2 rings (SSSR count). The fraction of sp³-hybridized carbons (Fsp3) is 0.333. The molecule has 2 nitrogen and oxygen atoms in total. The molecule has 0 aliphatic carbocycles. The molecule has 0 aliphatic heterocycles. The van der Waals surface area contributed by atoms with Gasteiger partial charge < -0.3 is 10.1 Å². The second-order valence-corrected chi connectivity index (χ2v) is 4.94. The fourth-order valence-corrected chi connectivity index (χ4v) is 2.22. The summed E-state index contributed by atoms with van der Waals surface area (Å²) in [6, 6.07) is 13.1. The normalized spacial score (nSPS) is 10.6. The van der Waals surface area contributed by atoms with Gasteiger partial charge in [-0.05, 0) is 55.3 Å². The molecule has 21 heavy (non-hydrogen) atoms. The molecule has 0 saturated carbocycles. The molecule has 0 heterocycles. The Labute approximate surface area is 126 Å². The fourth-order valence-electron chi connectivity index (χ4n) is 2.22. The zero-order chi connectivity index (χ0) is 15.1. The van der Waals surface area contributed by atoms with Crippen LogP contribution < -0.4 is 10.1 Å². The van der Waals surface area contributed by atoms with Crippen molar-refractivity contribution in [3.63, 3.8) is 0 Å². The van der Waals surface area contributed by atoms with Gasteiger partial charge in [0.2, 0.25) is 0 Å². The molecule has 0 amide bonds. The van der Waals surface area contributed by atoms with Crippen LogP contribution in [0.25, 0.3) is 11.1 Å². The molecular weight excluding hydrogens is 265 g/mol. The lowest BCUT2D eigenvalue weighted by molar-refractivity contribution is 0.340. The van der Waals surface area contributed by atoms with Gasteiger partial charge >= 0.3 is 0 Å². The molecule has 0 atom stereocenters. The molecule has 3 heteroatoms. The van der Waals surface area contributed by atoms with Gasteiger partial charge in [0.15, 0.2) is 0 Å². The van der Waals surface area contributed by atoms with Gasteiger partial charge in [-0.15, -0.1) is 0 Å². The van der Waals surface area contributed by atoms with Gasteiger partial charge in [0.05, 0.1) is 6.61 Å². The van der Waals surface area contributed by atoms with Crippen molar-refractivity contribution in [1.82, 2.24) is 5.32 Å². The summed E-state index contributed by atoms with van der Waals surface area (Å²) in [6.45, 7) is 6.14. The number of ether oxygens (including phenoxy) is 1. The van der Waals surface area contributed by atoms with E-state index >= 15 is 0 Å². The van der Waals surface area contributed by atoms with E-state index in [9.17, 15) is 4.39 Å². The van der Waals surface area contributed by atoms with Gasteiger partial charge in [0.1, 0.15) is 11.6 Å². The Bertz CT molecular complexity index is 583. The Balaban J connectivity index is 2.23. The summed E-state index contributed by atoms with van der Waals surface area (Å²) in [4.78, 5) is 0. The second kappa shape index (κ2) is 7.79. The molecule has 0 bridgehead atoms. The Kier molecular flexibility index (Phi) is 5.76. The first-order chi connectivity index (χ1) is 10.2. The first kappa shape index (κ1) is 15.5. The predicted molar refractivity (Wildman–Crippen MR) is 85.0 cm³/mol. The van der Waals surface area contributed by atoms with Crippen molar-refractivity contribution < 1.29 is 9.13 Å². The van der Waals surface area contributed by atoms with Crippen LogP contribution in [0.15, 0.2) is 42.5 Å². The van der Waals surface area contributed by atoms with Crippen LogP contribution in [-0.4, -0.2) is 13.2 Å². The number of hydrogen-bond donors (Lipinski definition) is 1. The largest absolute Gasteiger partial charge is 0.494 e.